The highest BCUT2D eigenvalue weighted by Crippen LogP contribution is 2.38. The third-order valence-corrected chi connectivity index (χ3v) is 2.49. The van der Waals surface area contributed by atoms with E-state index in [2.05, 4.69) is 0 Å². The van der Waals surface area contributed by atoms with Gasteiger partial charge in [0.05, 0.1) is 17.3 Å². The topological polar surface area (TPSA) is 72.3 Å². The quantitative estimate of drug-likeness (QED) is 0.707. The van der Waals surface area contributed by atoms with Crippen molar-refractivity contribution in [2.24, 2.45) is 5.73 Å². The Labute approximate surface area is 94.8 Å². The normalized spacial score (nSPS) is 13.9. The predicted octanol–water partition coefficient (Wildman–Crippen LogP) is 1.98. The van der Waals surface area contributed by atoms with Crippen molar-refractivity contribution >= 4 is 17.3 Å². The van der Waals surface area contributed by atoms with Crippen molar-refractivity contribution in [3.05, 3.63) is 28.3 Å². The van der Waals surface area contributed by atoms with Crippen molar-refractivity contribution in [2.45, 2.75) is 18.8 Å². The summed E-state index contributed by atoms with van der Waals surface area (Å²) in [6.07, 6.45) is -4.64. The monoisotopic (exact) mass is 254 g/mol. The van der Waals surface area contributed by atoms with Crippen LogP contribution in [0.2, 0.25) is 5.02 Å². The van der Waals surface area contributed by atoms with Crippen molar-refractivity contribution in [1.29, 1.82) is 0 Å². The van der Waals surface area contributed by atoms with Gasteiger partial charge in [-0.15, -0.1) is 0 Å². The van der Waals surface area contributed by atoms with Crippen LogP contribution in [0.4, 0.5) is 18.9 Å². The summed E-state index contributed by atoms with van der Waals surface area (Å²) in [5.41, 5.74) is 9.87. The summed E-state index contributed by atoms with van der Waals surface area (Å²) in [6.45, 7) is -0.583. The van der Waals surface area contributed by atoms with E-state index in [1.807, 2.05) is 0 Å². The van der Waals surface area contributed by atoms with Crippen LogP contribution in [0, 0.1) is 0 Å². The number of benzene rings is 1. The lowest BCUT2D eigenvalue weighted by Gasteiger charge is -2.21. The van der Waals surface area contributed by atoms with Gasteiger partial charge in [-0.1, -0.05) is 17.7 Å². The summed E-state index contributed by atoms with van der Waals surface area (Å²) in [7, 11) is 0. The summed E-state index contributed by atoms with van der Waals surface area (Å²) in [6, 6.07) is 0.322. The number of rotatable bonds is 2. The van der Waals surface area contributed by atoms with Gasteiger partial charge in [-0.2, -0.15) is 13.2 Å². The number of nitrogens with two attached hydrogens (primary N) is 2. The lowest BCUT2D eigenvalue weighted by atomic mass is 9.99. The van der Waals surface area contributed by atoms with Crippen LogP contribution in [0.1, 0.15) is 17.2 Å². The molecule has 0 fully saturated rings. The van der Waals surface area contributed by atoms with E-state index in [1.54, 1.807) is 0 Å². The molecule has 0 aliphatic carbocycles. The van der Waals surface area contributed by atoms with Gasteiger partial charge in [0.1, 0.15) is 6.04 Å². The molecule has 0 aliphatic heterocycles. The SMILES string of the molecule is Nc1c(Cl)ccc(CO)c1[C@@H](N)C(F)(F)F. The molecular weight excluding hydrogens is 245 g/mol. The van der Waals surface area contributed by atoms with Gasteiger partial charge >= 0.3 is 6.18 Å². The second kappa shape index (κ2) is 4.48. The van der Waals surface area contributed by atoms with Crippen LogP contribution in [-0.2, 0) is 6.61 Å². The first-order valence-corrected chi connectivity index (χ1v) is 4.66. The Hall–Kier alpha value is -0.980. The summed E-state index contributed by atoms with van der Waals surface area (Å²) >= 11 is 5.61. The van der Waals surface area contributed by atoms with Crippen molar-refractivity contribution in [1.82, 2.24) is 0 Å². The average molecular weight is 255 g/mol. The smallest absolute Gasteiger partial charge is 0.397 e. The van der Waals surface area contributed by atoms with Gasteiger partial charge in [-0.25, -0.2) is 0 Å². The highest BCUT2D eigenvalue weighted by atomic mass is 35.5. The minimum Gasteiger partial charge on any atom is -0.397 e. The molecule has 1 rings (SSSR count). The molecule has 1 aromatic rings. The molecule has 0 radical (unpaired) electrons. The molecule has 0 spiro atoms. The first kappa shape index (κ1) is 13.1. The molecule has 7 heteroatoms. The van der Waals surface area contributed by atoms with Gasteiger partial charge in [0.25, 0.3) is 0 Å². The number of aliphatic hydroxyl groups excluding tert-OH is 1. The maximum Gasteiger partial charge on any atom is 0.407 e. The maximum absolute atomic E-state index is 12.5. The fraction of sp³-hybridized carbons (Fsp3) is 0.333. The van der Waals surface area contributed by atoms with E-state index in [9.17, 15) is 13.2 Å². The Balaban J connectivity index is 3.35. The Kier molecular flexibility index (Phi) is 3.67. The molecule has 0 bridgehead atoms. The van der Waals surface area contributed by atoms with E-state index in [0.29, 0.717) is 0 Å². The molecule has 0 heterocycles. The lowest BCUT2D eigenvalue weighted by Crippen LogP contribution is -2.30. The molecule has 1 atom stereocenters. The highest BCUT2D eigenvalue weighted by molar-refractivity contribution is 6.33. The van der Waals surface area contributed by atoms with E-state index in [-0.39, 0.29) is 21.8 Å². The van der Waals surface area contributed by atoms with Crippen molar-refractivity contribution in [2.75, 3.05) is 5.73 Å². The van der Waals surface area contributed by atoms with Gasteiger partial charge in [-0.3, -0.25) is 0 Å². The average Bonchev–Trinajstić information content (AvgIpc) is 2.19. The Morgan fingerprint density at radius 2 is 1.94 bits per heavy atom. The van der Waals surface area contributed by atoms with Crippen LogP contribution in [0.25, 0.3) is 0 Å². The molecular formula is C9H10ClF3N2O. The first-order chi connectivity index (χ1) is 7.29. The van der Waals surface area contributed by atoms with Crippen molar-refractivity contribution in [3.63, 3.8) is 0 Å². The Morgan fingerprint density at radius 3 is 2.38 bits per heavy atom. The second-order valence-corrected chi connectivity index (χ2v) is 3.62. The minimum absolute atomic E-state index is 0.0201. The van der Waals surface area contributed by atoms with E-state index < -0.39 is 18.8 Å². The van der Waals surface area contributed by atoms with Crippen molar-refractivity contribution in [3.8, 4) is 0 Å². The highest BCUT2D eigenvalue weighted by Gasteiger charge is 2.40. The van der Waals surface area contributed by atoms with Crippen LogP contribution >= 0.6 is 11.6 Å². The molecule has 0 saturated heterocycles. The van der Waals surface area contributed by atoms with Gasteiger partial charge in [0.15, 0.2) is 0 Å². The second-order valence-electron chi connectivity index (χ2n) is 3.21. The summed E-state index contributed by atoms with van der Waals surface area (Å²) in [5.74, 6) is 0. The lowest BCUT2D eigenvalue weighted by molar-refractivity contribution is -0.149. The predicted molar refractivity (Wildman–Crippen MR) is 54.8 cm³/mol. The van der Waals surface area contributed by atoms with Crippen LogP contribution < -0.4 is 11.5 Å². The Morgan fingerprint density at radius 1 is 1.38 bits per heavy atom. The van der Waals surface area contributed by atoms with Crippen LogP contribution in [0.15, 0.2) is 12.1 Å². The Bertz CT molecular complexity index is 395. The molecule has 0 aliphatic rings. The zero-order valence-electron chi connectivity index (χ0n) is 8.05. The van der Waals surface area contributed by atoms with Gasteiger partial charge < -0.3 is 16.6 Å². The molecule has 0 unspecified atom stereocenters. The summed E-state index contributed by atoms with van der Waals surface area (Å²) < 4.78 is 37.4. The number of anilines is 1. The summed E-state index contributed by atoms with van der Waals surface area (Å²) in [5, 5.41) is 8.91. The fourth-order valence-electron chi connectivity index (χ4n) is 1.32. The molecule has 1 aromatic carbocycles. The molecule has 0 aromatic heterocycles. The molecule has 0 saturated carbocycles. The van der Waals surface area contributed by atoms with E-state index >= 15 is 0 Å². The molecule has 3 nitrogen and oxygen atoms in total. The number of hydrogen-bond donors (Lipinski definition) is 3. The van der Waals surface area contributed by atoms with Crippen molar-refractivity contribution < 1.29 is 18.3 Å². The number of aliphatic hydroxyl groups is 1. The minimum atomic E-state index is -4.64. The molecule has 16 heavy (non-hydrogen) atoms. The molecule has 0 amide bonds. The third-order valence-electron chi connectivity index (χ3n) is 2.16. The van der Waals surface area contributed by atoms with E-state index in [1.165, 1.54) is 12.1 Å². The fourth-order valence-corrected chi connectivity index (χ4v) is 1.49. The number of nitrogen functional groups attached to an aromatic ring is 1. The zero-order chi connectivity index (χ0) is 12.5. The number of hydrogen-bond acceptors (Lipinski definition) is 3. The van der Waals surface area contributed by atoms with E-state index in [0.717, 1.165) is 0 Å². The van der Waals surface area contributed by atoms with Crippen LogP contribution in [0.3, 0.4) is 0 Å². The zero-order valence-corrected chi connectivity index (χ0v) is 8.81. The maximum atomic E-state index is 12.5. The van der Waals surface area contributed by atoms with Gasteiger partial charge in [0, 0.05) is 5.56 Å². The summed E-state index contributed by atoms with van der Waals surface area (Å²) in [4.78, 5) is 0. The van der Waals surface area contributed by atoms with Gasteiger partial charge in [-0.05, 0) is 11.6 Å². The van der Waals surface area contributed by atoms with Gasteiger partial charge in [0.2, 0.25) is 0 Å². The number of halogens is 4. The molecule has 5 N–H and O–H groups in total. The standard InChI is InChI=1S/C9H10ClF3N2O/c10-5-2-1-4(3-16)6(7(5)14)8(15)9(11,12)13/h1-2,8,16H,3,14-15H2/t8-/m1/s1. The first-order valence-electron chi connectivity index (χ1n) is 4.29. The van der Waals surface area contributed by atoms with E-state index in [4.69, 9.17) is 28.2 Å². The third kappa shape index (κ3) is 2.40. The van der Waals surface area contributed by atoms with Crippen LogP contribution in [0.5, 0.6) is 0 Å². The molecule has 90 valence electrons. The number of alkyl halides is 3. The van der Waals surface area contributed by atoms with Crippen LogP contribution in [-0.4, -0.2) is 11.3 Å². The largest absolute Gasteiger partial charge is 0.407 e.